The van der Waals surface area contributed by atoms with Gasteiger partial charge in [0.2, 0.25) is 0 Å². The third-order valence-corrected chi connectivity index (χ3v) is 7.73. The number of carbonyl (C=O) groups is 1. The molecule has 1 unspecified atom stereocenters. The SMILES string of the molecule is CC(C)CN(c1ccc(F)cc1)S(=O)(=O)c1ccc2c(c1)C(=O)CC(C1CCOCC1)O2. The van der Waals surface area contributed by atoms with Crippen molar-refractivity contribution in [2.75, 3.05) is 24.1 Å². The van der Waals surface area contributed by atoms with E-state index in [-0.39, 0.29) is 47.1 Å². The van der Waals surface area contributed by atoms with Gasteiger partial charge < -0.3 is 9.47 Å². The molecule has 0 N–H and O–H groups in total. The highest BCUT2D eigenvalue weighted by atomic mass is 32.2. The fraction of sp³-hybridized carbons (Fsp3) is 0.458. The van der Waals surface area contributed by atoms with E-state index in [9.17, 15) is 17.6 Å². The van der Waals surface area contributed by atoms with Crippen LogP contribution in [-0.4, -0.2) is 40.1 Å². The summed E-state index contributed by atoms with van der Waals surface area (Å²) in [5, 5.41) is 0. The fourth-order valence-electron chi connectivity index (χ4n) is 4.25. The van der Waals surface area contributed by atoms with Crippen molar-refractivity contribution in [1.29, 1.82) is 0 Å². The average Bonchev–Trinajstić information content (AvgIpc) is 2.78. The van der Waals surface area contributed by atoms with Gasteiger partial charge in [-0.25, -0.2) is 12.8 Å². The third-order valence-electron chi connectivity index (χ3n) is 5.94. The summed E-state index contributed by atoms with van der Waals surface area (Å²) in [4.78, 5) is 12.9. The van der Waals surface area contributed by atoms with Gasteiger partial charge in [-0.15, -0.1) is 0 Å². The monoisotopic (exact) mass is 461 g/mol. The Morgan fingerprint density at radius 2 is 1.78 bits per heavy atom. The summed E-state index contributed by atoms with van der Waals surface area (Å²) in [6, 6.07) is 9.82. The minimum Gasteiger partial charge on any atom is -0.489 e. The molecule has 0 saturated carbocycles. The zero-order chi connectivity index (χ0) is 22.9. The van der Waals surface area contributed by atoms with Crippen LogP contribution in [0.2, 0.25) is 0 Å². The minimum atomic E-state index is -3.97. The van der Waals surface area contributed by atoms with E-state index in [1.54, 1.807) is 6.07 Å². The second-order valence-electron chi connectivity index (χ2n) is 8.80. The molecule has 2 aliphatic rings. The first-order valence-electron chi connectivity index (χ1n) is 11.0. The van der Waals surface area contributed by atoms with Crippen LogP contribution in [0.5, 0.6) is 5.75 Å². The highest BCUT2D eigenvalue weighted by molar-refractivity contribution is 7.92. The standard InChI is InChI=1S/C24H28FNO5S/c1-16(2)15-26(19-5-3-18(25)4-6-19)32(28,29)20-7-8-23-21(13-20)22(27)14-24(31-23)17-9-11-30-12-10-17/h3-8,13,16-17,24H,9-12,14-15H2,1-2H3. The number of ether oxygens (including phenoxy) is 2. The Bertz CT molecular complexity index is 1080. The number of ketones is 1. The zero-order valence-corrected chi connectivity index (χ0v) is 19.1. The number of fused-ring (bicyclic) bond motifs is 1. The molecule has 2 aliphatic heterocycles. The van der Waals surface area contributed by atoms with Crippen LogP contribution >= 0.6 is 0 Å². The third kappa shape index (κ3) is 4.66. The lowest BCUT2D eigenvalue weighted by atomic mass is 9.87. The normalized spacial score (nSPS) is 19.5. The lowest BCUT2D eigenvalue weighted by molar-refractivity contribution is 0.0119. The number of sulfonamides is 1. The van der Waals surface area contributed by atoms with Crippen molar-refractivity contribution in [2.45, 2.75) is 44.1 Å². The largest absolute Gasteiger partial charge is 0.489 e. The fourth-order valence-corrected chi connectivity index (χ4v) is 5.90. The van der Waals surface area contributed by atoms with Crippen LogP contribution in [0.25, 0.3) is 0 Å². The predicted octanol–water partition coefficient (Wildman–Crippen LogP) is 4.44. The average molecular weight is 462 g/mol. The number of halogens is 1. The number of rotatable bonds is 6. The molecule has 2 aromatic carbocycles. The van der Waals surface area contributed by atoms with Gasteiger partial charge in [-0.1, -0.05) is 13.8 Å². The molecule has 0 radical (unpaired) electrons. The number of nitrogens with zero attached hydrogens (tertiary/aromatic N) is 1. The number of hydrogen-bond donors (Lipinski definition) is 0. The molecule has 1 atom stereocenters. The molecule has 0 spiro atoms. The number of hydrogen-bond acceptors (Lipinski definition) is 5. The van der Waals surface area contributed by atoms with Crippen molar-refractivity contribution in [2.24, 2.45) is 11.8 Å². The molecular weight excluding hydrogens is 433 g/mol. The first kappa shape index (κ1) is 22.7. The van der Waals surface area contributed by atoms with Crippen molar-refractivity contribution >= 4 is 21.5 Å². The van der Waals surface area contributed by atoms with Gasteiger partial charge in [0.1, 0.15) is 17.7 Å². The van der Waals surface area contributed by atoms with E-state index in [0.29, 0.717) is 24.7 Å². The molecule has 0 bridgehead atoms. The summed E-state index contributed by atoms with van der Waals surface area (Å²) < 4.78 is 53.2. The molecule has 32 heavy (non-hydrogen) atoms. The maximum absolute atomic E-state index is 13.5. The maximum Gasteiger partial charge on any atom is 0.264 e. The van der Waals surface area contributed by atoms with Crippen LogP contribution < -0.4 is 9.04 Å². The van der Waals surface area contributed by atoms with E-state index in [1.165, 1.54) is 40.7 Å². The lowest BCUT2D eigenvalue weighted by Crippen LogP contribution is -2.37. The molecule has 4 rings (SSSR count). The van der Waals surface area contributed by atoms with Crippen molar-refractivity contribution in [3.05, 3.63) is 53.8 Å². The molecule has 0 aliphatic carbocycles. The zero-order valence-electron chi connectivity index (χ0n) is 18.3. The van der Waals surface area contributed by atoms with Crippen molar-refractivity contribution in [1.82, 2.24) is 0 Å². The first-order valence-corrected chi connectivity index (χ1v) is 12.4. The van der Waals surface area contributed by atoms with E-state index in [1.807, 2.05) is 13.8 Å². The Kier molecular flexibility index (Phi) is 6.53. The summed E-state index contributed by atoms with van der Waals surface area (Å²) in [5.41, 5.74) is 0.665. The first-order chi connectivity index (χ1) is 15.3. The molecule has 1 saturated heterocycles. The highest BCUT2D eigenvalue weighted by Crippen LogP contribution is 2.36. The molecule has 2 heterocycles. The molecule has 0 aromatic heterocycles. The van der Waals surface area contributed by atoms with Gasteiger partial charge in [-0.3, -0.25) is 9.10 Å². The highest BCUT2D eigenvalue weighted by Gasteiger charge is 2.35. The number of carbonyl (C=O) groups excluding carboxylic acids is 1. The van der Waals surface area contributed by atoms with E-state index in [0.717, 1.165) is 12.8 Å². The minimum absolute atomic E-state index is 0.0164. The van der Waals surface area contributed by atoms with Crippen molar-refractivity contribution in [3.8, 4) is 5.75 Å². The van der Waals surface area contributed by atoms with Crippen LogP contribution in [0, 0.1) is 17.7 Å². The lowest BCUT2D eigenvalue weighted by Gasteiger charge is -2.34. The summed E-state index contributed by atoms with van der Waals surface area (Å²) >= 11 is 0. The van der Waals surface area contributed by atoms with E-state index in [4.69, 9.17) is 9.47 Å². The van der Waals surface area contributed by atoms with Crippen molar-refractivity contribution in [3.63, 3.8) is 0 Å². The number of Topliss-reactive ketones (excluding diaryl/α,β-unsaturated/α-hetero) is 1. The number of benzene rings is 2. The predicted molar refractivity (Wildman–Crippen MR) is 119 cm³/mol. The van der Waals surface area contributed by atoms with Gasteiger partial charge in [0, 0.05) is 32.1 Å². The Hall–Kier alpha value is -2.45. The summed E-state index contributed by atoms with van der Waals surface area (Å²) in [7, 11) is -3.97. The topological polar surface area (TPSA) is 72.9 Å². The number of anilines is 1. The molecule has 8 heteroatoms. The van der Waals surface area contributed by atoms with Crippen LogP contribution in [0.15, 0.2) is 47.4 Å². The van der Waals surface area contributed by atoms with Gasteiger partial charge >= 0.3 is 0 Å². The van der Waals surface area contributed by atoms with E-state index in [2.05, 4.69) is 0 Å². The molecule has 2 aromatic rings. The Morgan fingerprint density at radius 1 is 1.09 bits per heavy atom. The second kappa shape index (κ2) is 9.19. The molecule has 1 fully saturated rings. The quantitative estimate of drug-likeness (QED) is 0.636. The maximum atomic E-state index is 13.5. The Balaban J connectivity index is 1.65. The molecule has 6 nitrogen and oxygen atoms in total. The molecular formula is C24H28FNO5S. The van der Waals surface area contributed by atoms with Crippen LogP contribution in [-0.2, 0) is 14.8 Å². The summed E-state index contributed by atoms with van der Waals surface area (Å²) in [6.07, 6.45) is 1.72. The van der Waals surface area contributed by atoms with Gasteiger partial charge in [0.15, 0.2) is 5.78 Å². The van der Waals surface area contributed by atoms with Crippen LogP contribution in [0.3, 0.4) is 0 Å². The Labute approximate surface area is 188 Å². The van der Waals surface area contributed by atoms with Crippen LogP contribution in [0.4, 0.5) is 10.1 Å². The van der Waals surface area contributed by atoms with Crippen molar-refractivity contribution < 1.29 is 27.1 Å². The van der Waals surface area contributed by atoms with E-state index >= 15 is 0 Å². The van der Waals surface area contributed by atoms with Gasteiger partial charge in [-0.05, 0) is 61.2 Å². The molecule has 172 valence electrons. The van der Waals surface area contributed by atoms with E-state index < -0.39 is 15.8 Å². The van der Waals surface area contributed by atoms with Gasteiger partial charge in [0.05, 0.1) is 16.1 Å². The molecule has 0 amide bonds. The second-order valence-corrected chi connectivity index (χ2v) is 10.7. The van der Waals surface area contributed by atoms with Gasteiger partial charge in [-0.2, -0.15) is 0 Å². The smallest absolute Gasteiger partial charge is 0.264 e. The Morgan fingerprint density at radius 3 is 2.44 bits per heavy atom. The summed E-state index contributed by atoms with van der Waals surface area (Å²) in [5.74, 6) is 0.166. The van der Waals surface area contributed by atoms with Crippen LogP contribution in [0.1, 0.15) is 43.5 Å². The summed E-state index contributed by atoms with van der Waals surface area (Å²) in [6.45, 7) is 5.37. The van der Waals surface area contributed by atoms with Gasteiger partial charge in [0.25, 0.3) is 10.0 Å².